The van der Waals surface area contributed by atoms with E-state index < -0.39 is 0 Å². The Labute approximate surface area is 112 Å². The van der Waals surface area contributed by atoms with Crippen LogP contribution in [0.1, 0.15) is 23.0 Å². The number of carbonyl (C=O) groups excluding carboxylic acids is 1. The third-order valence-electron chi connectivity index (χ3n) is 3.61. The van der Waals surface area contributed by atoms with Gasteiger partial charge in [-0.1, -0.05) is 18.2 Å². The van der Waals surface area contributed by atoms with Crippen molar-refractivity contribution < 1.29 is 4.79 Å². The summed E-state index contributed by atoms with van der Waals surface area (Å²) >= 11 is 0. The van der Waals surface area contributed by atoms with E-state index in [4.69, 9.17) is 5.73 Å². The van der Waals surface area contributed by atoms with Crippen LogP contribution in [0.4, 0.5) is 11.4 Å². The Morgan fingerprint density at radius 2 is 2.16 bits per heavy atom. The van der Waals surface area contributed by atoms with Crippen LogP contribution in [0.3, 0.4) is 0 Å². The van der Waals surface area contributed by atoms with E-state index in [1.807, 2.05) is 40.8 Å². The van der Waals surface area contributed by atoms with E-state index in [0.717, 1.165) is 25.2 Å². The first kappa shape index (κ1) is 11.8. The van der Waals surface area contributed by atoms with Gasteiger partial charge in [-0.15, -0.1) is 0 Å². The number of hydrogen-bond donors (Lipinski definition) is 1. The molecule has 2 N–H and O–H groups in total. The molecule has 19 heavy (non-hydrogen) atoms. The van der Waals surface area contributed by atoms with Gasteiger partial charge in [-0.25, -0.2) is 0 Å². The van der Waals surface area contributed by atoms with Crippen LogP contribution >= 0.6 is 0 Å². The Hall–Kier alpha value is -2.23. The van der Waals surface area contributed by atoms with Crippen LogP contribution in [-0.4, -0.2) is 17.0 Å². The lowest BCUT2D eigenvalue weighted by Crippen LogP contribution is -2.30. The number of aryl methyl sites for hydroxylation is 1. The Bertz CT molecular complexity index is 630. The lowest BCUT2D eigenvalue weighted by molar-refractivity contribution is 0.0980. The van der Waals surface area contributed by atoms with Crippen molar-refractivity contribution >= 4 is 17.3 Å². The van der Waals surface area contributed by atoms with E-state index in [9.17, 15) is 4.79 Å². The standard InChI is InChI=1S/C15H17N3O/c1-2-17-10-12(16)9-14(17)15(19)18-8-7-11-5-3-4-6-13(11)18/h3-6,9-10H,2,7-8,16H2,1H3. The molecule has 0 atom stereocenters. The molecule has 0 unspecified atom stereocenters. The van der Waals surface area contributed by atoms with Crippen molar-refractivity contribution in [3.8, 4) is 0 Å². The summed E-state index contributed by atoms with van der Waals surface area (Å²) in [6.45, 7) is 3.49. The molecule has 1 aliphatic heterocycles. The molecule has 1 aromatic carbocycles. The number of nitrogens with zero attached hydrogens (tertiary/aromatic N) is 2. The highest BCUT2D eigenvalue weighted by atomic mass is 16.2. The second-order valence-corrected chi connectivity index (χ2v) is 4.78. The van der Waals surface area contributed by atoms with Gasteiger partial charge in [0.25, 0.3) is 5.91 Å². The lowest BCUT2D eigenvalue weighted by Gasteiger charge is -2.18. The number of rotatable bonds is 2. The molecule has 2 heterocycles. The third kappa shape index (κ3) is 1.89. The summed E-state index contributed by atoms with van der Waals surface area (Å²) in [7, 11) is 0. The average molecular weight is 255 g/mol. The Morgan fingerprint density at radius 1 is 1.37 bits per heavy atom. The number of para-hydroxylation sites is 1. The van der Waals surface area contributed by atoms with Gasteiger partial charge >= 0.3 is 0 Å². The van der Waals surface area contributed by atoms with Crippen LogP contribution in [0.5, 0.6) is 0 Å². The Kier molecular flexibility index (Phi) is 2.78. The number of nitrogens with two attached hydrogens (primary N) is 1. The number of fused-ring (bicyclic) bond motifs is 1. The first-order valence-electron chi connectivity index (χ1n) is 6.56. The molecule has 98 valence electrons. The highest BCUT2D eigenvalue weighted by Gasteiger charge is 2.26. The van der Waals surface area contributed by atoms with Crippen molar-refractivity contribution in [2.75, 3.05) is 17.2 Å². The van der Waals surface area contributed by atoms with E-state index in [2.05, 4.69) is 6.07 Å². The first-order chi connectivity index (χ1) is 9.20. The number of benzene rings is 1. The van der Waals surface area contributed by atoms with Gasteiger partial charge in [0.1, 0.15) is 5.69 Å². The van der Waals surface area contributed by atoms with Crippen LogP contribution in [0, 0.1) is 0 Å². The minimum Gasteiger partial charge on any atom is -0.397 e. The summed E-state index contributed by atoms with van der Waals surface area (Å²) in [5, 5.41) is 0. The predicted octanol–water partition coefficient (Wildman–Crippen LogP) is 2.29. The molecule has 4 heteroatoms. The van der Waals surface area contributed by atoms with Crippen LogP contribution in [0.25, 0.3) is 0 Å². The Balaban J connectivity index is 1.97. The van der Waals surface area contributed by atoms with E-state index >= 15 is 0 Å². The maximum Gasteiger partial charge on any atom is 0.274 e. The number of hydrogen-bond acceptors (Lipinski definition) is 2. The summed E-state index contributed by atoms with van der Waals surface area (Å²) < 4.78 is 1.90. The van der Waals surface area contributed by atoms with Gasteiger partial charge in [0, 0.05) is 25.0 Å². The molecular weight excluding hydrogens is 238 g/mol. The minimum atomic E-state index is 0.0310. The zero-order valence-corrected chi connectivity index (χ0v) is 11.0. The van der Waals surface area contributed by atoms with E-state index in [0.29, 0.717) is 11.4 Å². The normalized spacial score (nSPS) is 13.6. The van der Waals surface area contributed by atoms with Gasteiger partial charge in [0.05, 0.1) is 5.69 Å². The Morgan fingerprint density at radius 3 is 2.95 bits per heavy atom. The van der Waals surface area contributed by atoms with Crippen molar-refractivity contribution in [1.29, 1.82) is 0 Å². The number of carbonyl (C=O) groups is 1. The fraction of sp³-hybridized carbons (Fsp3) is 0.267. The molecule has 0 saturated carbocycles. The van der Waals surface area contributed by atoms with Gasteiger partial charge in [-0.2, -0.15) is 0 Å². The summed E-state index contributed by atoms with van der Waals surface area (Å²) in [5.74, 6) is 0.0310. The molecule has 0 aliphatic carbocycles. The maximum atomic E-state index is 12.7. The molecule has 0 fully saturated rings. The van der Waals surface area contributed by atoms with E-state index in [-0.39, 0.29) is 5.91 Å². The van der Waals surface area contributed by atoms with Gasteiger partial charge in [-0.3, -0.25) is 4.79 Å². The molecule has 3 rings (SSSR count). The predicted molar refractivity (Wildman–Crippen MR) is 76.3 cm³/mol. The molecule has 1 aliphatic rings. The van der Waals surface area contributed by atoms with Crippen molar-refractivity contribution in [3.63, 3.8) is 0 Å². The number of amides is 1. The third-order valence-corrected chi connectivity index (χ3v) is 3.61. The fourth-order valence-corrected chi connectivity index (χ4v) is 2.66. The van der Waals surface area contributed by atoms with E-state index in [1.165, 1.54) is 5.56 Å². The fourth-order valence-electron chi connectivity index (χ4n) is 2.66. The summed E-state index contributed by atoms with van der Waals surface area (Å²) in [6.07, 6.45) is 2.74. The van der Waals surface area contributed by atoms with Crippen molar-refractivity contribution in [2.45, 2.75) is 19.9 Å². The van der Waals surface area contributed by atoms with Crippen molar-refractivity contribution in [3.05, 3.63) is 47.8 Å². The van der Waals surface area contributed by atoms with Crippen LogP contribution in [-0.2, 0) is 13.0 Å². The number of anilines is 2. The lowest BCUT2D eigenvalue weighted by atomic mass is 10.2. The highest BCUT2D eigenvalue weighted by molar-refractivity contribution is 6.06. The molecule has 1 aromatic heterocycles. The van der Waals surface area contributed by atoms with Gasteiger partial charge < -0.3 is 15.2 Å². The summed E-state index contributed by atoms with van der Waals surface area (Å²) in [6, 6.07) is 9.82. The van der Waals surface area contributed by atoms with E-state index in [1.54, 1.807) is 6.07 Å². The number of nitrogen functional groups attached to an aromatic ring is 1. The SMILES string of the molecule is CCn1cc(N)cc1C(=O)N1CCc2ccccc21. The molecule has 1 amide bonds. The second-order valence-electron chi connectivity index (χ2n) is 4.78. The van der Waals surface area contributed by atoms with Crippen LogP contribution < -0.4 is 10.6 Å². The maximum absolute atomic E-state index is 12.7. The molecule has 0 saturated heterocycles. The zero-order valence-electron chi connectivity index (χ0n) is 11.0. The van der Waals surface area contributed by atoms with Crippen LogP contribution in [0.15, 0.2) is 36.5 Å². The average Bonchev–Trinajstić information content (AvgIpc) is 3.01. The van der Waals surface area contributed by atoms with Gasteiger partial charge in [0.2, 0.25) is 0 Å². The first-order valence-corrected chi connectivity index (χ1v) is 6.56. The summed E-state index contributed by atoms with van der Waals surface area (Å²) in [5.41, 5.74) is 9.35. The van der Waals surface area contributed by atoms with Crippen molar-refractivity contribution in [1.82, 2.24) is 4.57 Å². The molecular formula is C15H17N3O. The highest BCUT2D eigenvalue weighted by Crippen LogP contribution is 2.29. The van der Waals surface area contributed by atoms with Gasteiger partial charge in [0.15, 0.2) is 0 Å². The molecule has 4 nitrogen and oxygen atoms in total. The molecule has 0 spiro atoms. The number of aromatic nitrogens is 1. The quantitative estimate of drug-likeness (QED) is 0.895. The van der Waals surface area contributed by atoms with Gasteiger partial charge in [-0.05, 0) is 31.0 Å². The molecule has 2 aromatic rings. The minimum absolute atomic E-state index is 0.0310. The smallest absolute Gasteiger partial charge is 0.274 e. The summed E-state index contributed by atoms with van der Waals surface area (Å²) in [4.78, 5) is 14.5. The zero-order chi connectivity index (χ0) is 13.4. The van der Waals surface area contributed by atoms with Crippen LogP contribution in [0.2, 0.25) is 0 Å². The van der Waals surface area contributed by atoms with Crippen molar-refractivity contribution in [2.24, 2.45) is 0 Å². The monoisotopic (exact) mass is 255 g/mol. The molecule has 0 bridgehead atoms. The topological polar surface area (TPSA) is 51.3 Å². The second kappa shape index (κ2) is 4.46. The largest absolute Gasteiger partial charge is 0.397 e. The molecule has 0 radical (unpaired) electrons.